The normalized spacial score (nSPS) is 13.8. The molecule has 0 saturated heterocycles. The first-order valence-corrected chi connectivity index (χ1v) is 11.2. The van der Waals surface area contributed by atoms with Crippen molar-refractivity contribution in [3.63, 3.8) is 0 Å². The SMILES string of the molecule is COC(=O)c1c(NC(=S)NCCc2ccc(Cl)cc2)sc2c1CCCCCC2. The Morgan fingerprint density at radius 1 is 1.18 bits per heavy atom. The van der Waals surface area contributed by atoms with Gasteiger partial charge in [0.1, 0.15) is 5.00 Å². The van der Waals surface area contributed by atoms with E-state index < -0.39 is 0 Å². The summed E-state index contributed by atoms with van der Waals surface area (Å²) in [4.78, 5) is 13.7. The number of carbonyl (C=O) groups excluding carboxylic acids is 1. The number of carbonyl (C=O) groups is 1. The number of esters is 1. The van der Waals surface area contributed by atoms with Crippen molar-refractivity contribution in [2.24, 2.45) is 0 Å². The van der Waals surface area contributed by atoms with Gasteiger partial charge in [-0.05, 0) is 67.6 Å². The molecule has 1 heterocycles. The van der Waals surface area contributed by atoms with E-state index >= 15 is 0 Å². The lowest BCUT2D eigenvalue weighted by Crippen LogP contribution is -2.30. The molecular formula is C21H25ClN2O2S2. The third-order valence-corrected chi connectivity index (χ3v) is 6.61. The summed E-state index contributed by atoms with van der Waals surface area (Å²) >= 11 is 13.0. The molecule has 0 radical (unpaired) electrons. The number of benzene rings is 1. The molecule has 0 amide bonds. The summed E-state index contributed by atoms with van der Waals surface area (Å²) < 4.78 is 5.06. The van der Waals surface area contributed by atoms with Crippen LogP contribution in [0, 0.1) is 0 Å². The number of nitrogens with one attached hydrogen (secondary N) is 2. The number of thiocarbonyl (C=S) groups is 1. The third kappa shape index (κ3) is 5.46. The maximum absolute atomic E-state index is 12.4. The van der Waals surface area contributed by atoms with Crippen molar-refractivity contribution in [3.8, 4) is 0 Å². The number of ether oxygens (including phenoxy) is 1. The maximum atomic E-state index is 12.4. The van der Waals surface area contributed by atoms with Crippen molar-refractivity contribution in [3.05, 3.63) is 50.9 Å². The third-order valence-electron chi connectivity index (χ3n) is 4.90. The Morgan fingerprint density at radius 2 is 1.89 bits per heavy atom. The van der Waals surface area contributed by atoms with Crippen LogP contribution in [0.15, 0.2) is 24.3 Å². The van der Waals surface area contributed by atoms with Crippen molar-refractivity contribution in [2.45, 2.75) is 44.9 Å². The first kappa shape index (κ1) is 21.1. The minimum atomic E-state index is -0.287. The number of hydrogen-bond donors (Lipinski definition) is 2. The second-order valence-corrected chi connectivity index (χ2v) is 8.82. The Morgan fingerprint density at radius 3 is 2.61 bits per heavy atom. The van der Waals surface area contributed by atoms with E-state index in [1.807, 2.05) is 24.3 Å². The molecule has 0 aliphatic heterocycles. The molecule has 0 unspecified atom stereocenters. The number of rotatable bonds is 5. The van der Waals surface area contributed by atoms with Gasteiger partial charge in [0.05, 0.1) is 12.7 Å². The topological polar surface area (TPSA) is 50.4 Å². The fraction of sp³-hybridized carbons (Fsp3) is 0.429. The van der Waals surface area contributed by atoms with Gasteiger partial charge >= 0.3 is 5.97 Å². The van der Waals surface area contributed by atoms with Gasteiger partial charge in [-0.1, -0.05) is 36.6 Å². The van der Waals surface area contributed by atoms with E-state index in [2.05, 4.69) is 10.6 Å². The highest BCUT2D eigenvalue weighted by atomic mass is 35.5. The zero-order valence-electron chi connectivity index (χ0n) is 16.0. The average molecular weight is 437 g/mol. The molecule has 4 nitrogen and oxygen atoms in total. The molecule has 0 atom stereocenters. The summed E-state index contributed by atoms with van der Waals surface area (Å²) in [7, 11) is 1.43. The van der Waals surface area contributed by atoms with Crippen LogP contribution < -0.4 is 10.6 Å². The number of aryl methyl sites for hydroxylation is 1. The zero-order valence-corrected chi connectivity index (χ0v) is 18.4. The highest BCUT2D eigenvalue weighted by molar-refractivity contribution is 7.80. The van der Waals surface area contributed by atoms with Gasteiger partial charge in [-0.15, -0.1) is 11.3 Å². The lowest BCUT2D eigenvalue weighted by atomic mass is 9.96. The number of methoxy groups -OCH3 is 1. The van der Waals surface area contributed by atoms with E-state index in [-0.39, 0.29) is 5.97 Å². The van der Waals surface area contributed by atoms with Crippen LogP contribution in [0.2, 0.25) is 5.02 Å². The molecule has 150 valence electrons. The first-order chi connectivity index (χ1) is 13.6. The van der Waals surface area contributed by atoms with Crippen molar-refractivity contribution in [2.75, 3.05) is 19.0 Å². The highest BCUT2D eigenvalue weighted by Crippen LogP contribution is 2.37. The average Bonchev–Trinajstić information content (AvgIpc) is 2.98. The van der Waals surface area contributed by atoms with Crippen molar-refractivity contribution in [1.82, 2.24) is 5.32 Å². The number of halogens is 1. The van der Waals surface area contributed by atoms with Crippen LogP contribution in [-0.2, 0) is 24.0 Å². The van der Waals surface area contributed by atoms with E-state index in [0.29, 0.717) is 17.2 Å². The molecule has 1 aromatic carbocycles. The van der Waals surface area contributed by atoms with Crippen LogP contribution in [-0.4, -0.2) is 24.7 Å². The quantitative estimate of drug-likeness (QED) is 0.487. The van der Waals surface area contributed by atoms with Crippen LogP contribution >= 0.6 is 35.2 Å². The molecule has 28 heavy (non-hydrogen) atoms. The van der Waals surface area contributed by atoms with Crippen molar-refractivity contribution >= 4 is 51.2 Å². The smallest absolute Gasteiger partial charge is 0.341 e. The number of anilines is 1. The molecular weight excluding hydrogens is 412 g/mol. The lowest BCUT2D eigenvalue weighted by Gasteiger charge is -2.12. The van der Waals surface area contributed by atoms with Gasteiger partial charge in [0.25, 0.3) is 0 Å². The molecule has 3 rings (SSSR count). The molecule has 2 N–H and O–H groups in total. The second kappa shape index (κ2) is 10.2. The van der Waals surface area contributed by atoms with E-state index in [1.54, 1.807) is 11.3 Å². The van der Waals surface area contributed by atoms with E-state index in [4.69, 9.17) is 28.6 Å². The van der Waals surface area contributed by atoms with E-state index in [1.165, 1.54) is 30.4 Å². The van der Waals surface area contributed by atoms with Crippen LogP contribution in [0.3, 0.4) is 0 Å². The Bertz CT molecular complexity index is 834. The molecule has 2 aromatic rings. The molecule has 1 aromatic heterocycles. The van der Waals surface area contributed by atoms with Crippen LogP contribution in [0.4, 0.5) is 5.00 Å². The minimum Gasteiger partial charge on any atom is -0.465 e. The van der Waals surface area contributed by atoms with Gasteiger partial charge in [-0.25, -0.2) is 4.79 Å². The van der Waals surface area contributed by atoms with Gasteiger partial charge in [0.2, 0.25) is 0 Å². The lowest BCUT2D eigenvalue weighted by molar-refractivity contribution is 0.0601. The predicted octanol–water partition coefficient (Wildman–Crippen LogP) is 5.38. The van der Waals surface area contributed by atoms with Crippen molar-refractivity contribution < 1.29 is 9.53 Å². The fourth-order valence-corrected chi connectivity index (χ4v) is 5.12. The van der Waals surface area contributed by atoms with Crippen molar-refractivity contribution in [1.29, 1.82) is 0 Å². The van der Waals surface area contributed by atoms with Gasteiger partial charge < -0.3 is 15.4 Å². The standard InChI is InChI=1S/C21H25ClN2O2S2/c1-26-20(25)18-16-6-4-2-3-5-7-17(16)28-19(18)24-21(27)23-13-12-14-8-10-15(22)11-9-14/h8-11H,2-7,12-13H2,1H3,(H2,23,24,27). The molecule has 0 bridgehead atoms. The molecule has 0 fully saturated rings. The zero-order chi connectivity index (χ0) is 19.9. The Hall–Kier alpha value is -1.63. The monoisotopic (exact) mass is 436 g/mol. The maximum Gasteiger partial charge on any atom is 0.341 e. The summed E-state index contributed by atoms with van der Waals surface area (Å²) in [6.45, 7) is 0.701. The first-order valence-electron chi connectivity index (χ1n) is 9.60. The van der Waals surface area contributed by atoms with Gasteiger partial charge in [-0.3, -0.25) is 0 Å². The van der Waals surface area contributed by atoms with Gasteiger partial charge in [0, 0.05) is 16.4 Å². The second-order valence-electron chi connectivity index (χ2n) is 6.87. The summed E-state index contributed by atoms with van der Waals surface area (Å²) in [5.74, 6) is -0.287. The molecule has 1 aliphatic carbocycles. The number of hydrogen-bond acceptors (Lipinski definition) is 4. The highest BCUT2D eigenvalue weighted by Gasteiger charge is 2.25. The van der Waals surface area contributed by atoms with Crippen LogP contribution in [0.1, 0.15) is 52.0 Å². The molecule has 7 heteroatoms. The minimum absolute atomic E-state index is 0.287. The predicted molar refractivity (Wildman–Crippen MR) is 121 cm³/mol. The fourth-order valence-electron chi connectivity index (χ4n) is 3.44. The summed E-state index contributed by atoms with van der Waals surface area (Å²) in [5.41, 5.74) is 2.99. The summed E-state index contributed by atoms with van der Waals surface area (Å²) in [6, 6.07) is 7.79. The Balaban J connectivity index is 1.66. The molecule has 1 aliphatic rings. The number of thiophene rings is 1. The molecule has 0 spiro atoms. The summed E-state index contributed by atoms with van der Waals surface area (Å²) in [5, 5.41) is 8.51. The summed E-state index contributed by atoms with van der Waals surface area (Å²) in [6.07, 6.45) is 7.51. The van der Waals surface area contributed by atoms with Crippen LogP contribution in [0.5, 0.6) is 0 Å². The largest absolute Gasteiger partial charge is 0.465 e. The van der Waals surface area contributed by atoms with Gasteiger partial charge in [-0.2, -0.15) is 0 Å². The number of fused-ring (bicyclic) bond motifs is 1. The van der Waals surface area contributed by atoms with Gasteiger partial charge in [0.15, 0.2) is 5.11 Å². The van der Waals surface area contributed by atoms with E-state index in [9.17, 15) is 4.79 Å². The molecule has 0 saturated carbocycles. The Kier molecular flexibility index (Phi) is 7.71. The van der Waals surface area contributed by atoms with E-state index in [0.717, 1.165) is 47.7 Å². The Labute approximate surface area is 180 Å². The van der Waals surface area contributed by atoms with Crippen LogP contribution in [0.25, 0.3) is 0 Å².